The Kier molecular flexibility index (Phi) is 7.28. The number of likely N-dealkylation sites (tertiary alicyclic amines) is 1. The molecule has 0 N–H and O–H groups in total. The first kappa shape index (κ1) is 21.9. The monoisotopic (exact) mass is 449 g/mol. The van der Waals surface area contributed by atoms with E-state index in [9.17, 15) is 9.59 Å². The molecule has 0 amide bonds. The molecule has 0 bridgehead atoms. The van der Waals surface area contributed by atoms with Gasteiger partial charge >= 0.3 is 0 Å². The average molecular weight is 450 g/mol. The van der Waals surface area contributed by atoms with Gasteiger partial charge in [-0.1, -0.05) is 55.5 Å². The normalized spacial score (nSPS) is 16.5. The lowest BCUT2D eigenvalue weighted by molar-refractivity contribution is 0.0848. The van der Waals surface area contributed by atoms with Gasteiger partial charge in [0, 0.05) is 24.0 Å². The highest BCUT2D eigenvalue weighted by Crippen LogP contribution is 2.37. The number of carbonyl (C=O) groups excluding carboxylic acids is 2. The van der Waals surface area contributed by atoms with E-state index in [0.29, 0.717) is 17.0 Å². The van der Waals surface area contributed by atoms with Gasteiger partial charge in [-0.2, -0.15) is 0 Å². The fourth-order valence-corrected chi connectivity index (χ4v) is 5.83. The first-order valence-corrected chi connectivity index (χ1v) is 12.5. The summed E-state index contributed by atoms with van der Waals surface area (Å²) >= 11 is 2.89. The highest BCUT2D eigenvalue weighted by Gasteiger charge is 2.36. The predicted molar refractivity (Wildman–Crippen MR) is 129 cm³/mol. The van der Waals surface area contributed by atoms with Crippen molar-refractivity contribution in [3.8, 4) is 0 Å². The SMILES string of the molecule is C=C(C(=O)c1cccs1)C(c1ccccc1)C(CN1CCCCC1)C(=O)c1cccs1. The lowest BCUT2D eigenvalue weighted by Gasteiger charge is -2.34. The molecule has 3 heterocycles. The second kappa shape index (κ2) is 10.3. The summed E-state index contributed by atoms with van der Waals surface area (Å²) in [5.74, 6) is -0.663. The van der Waals surface area contributed by atoms with Gasteiger partial charge in [0.2, 0.25) is 0 Å². The van der Waals surface area contributed by atoms with Crippen molar-refractivity contribution in [2.75, 3.05) is 19.6 Å². The number of hydrogen-bond acceptors (Lipinski definition) is 5. The van der Waals surface area contributed by atoms with Crippen LogP contribution in [0.1, 0.15) is 50.1 Å². The molecule has 1 saturated heterocycles. The highest BCUT2D eigenvalue weighted by molar-refractivity contribution is 7.12. The minimum Gasteiger partial charge on any atom is -0.303 e. The molecule has 0 spiro atoms. The molecular formula is C26H27NO2S2. The predicted octanol–water partition coefficient (Wildman–Crippen LogP) is 6.32. The van der Waals surface area contributed by atoms with Crippen LogP contribution in [0.3, 0.4) is 0 Å². The number of nitrogens with zero attached hydrogens (tertiary/aromatic N) is 1. The molecule has 160 valence electrons. The van der Waals surface area contributed by atoms with Crippen molar-refractivity contribution < 1.29 is 9.59 Å². The molecular weight excluding hydrogens is 422 g/mol. The maximum Gasteiger partial charge on any atom is 0.198 e. The molecule has 0 radical (unpaired) electrons. The topological polar surface area (TPSA) is 37.4 Å². The van der Waals surface area contributed by atoms with E-state index in [2.05, 4.69) is 11.5 Å². The van der Waals surface area contributed by atoms with E-state index in [-0.39, 0.29) is 23.4 Å². The van der Waals surface area contributed by atoms with Gasteiger partial charge in [0.05, 0.1) is 9.75 Å². The van der Waals surface area contributed by atoms with Gasteiger partial charge in [-0.3, -0.25) is 9.59 Å². The van der Waals surface area contributed by atoms with Gasteiger partial charge in [-0.15, -0.1) is 22.7 Å². The zero-order valence-corrected chi connectivity index (χ0v) is 19.2. The third-order valence-electron chi connectivity index (χ3n) is 5.98. The van der Waals surface area contributed by atoms with Crippen LogP contribution in [-0.2, 0) is 0 Å². The van der Waals surface area contributed by atoms with Crippen molar-refractivity contribution in [2.24, 2.45) is 5.92 Å². The van der Waals surface area contributed by atoms with Crippen LogP contribution >= 0.6 is 22.7 Å². The molecule has 0 saturated carbocycles. The summed E-state index contributed by atoms with van der Waals surface area (Å²) in [6.07, 6.45) is 3.56. The maximum atomic E-state index is 13.7. The maximum absolute atomic E-state index is 13.7. The third-order valence-corrected chi connectivity index (χ3v) is 7.73. The van der Waals surface area contributed by atoms with Gasteiger partial charge in [-0.25, -0.2) is 0 Å². The largest absolute Gasteiger partial charge is 0.303 e. The Hall–Kier alpha value is -2.34. The molecule has 5 heteroatoms. The molecule has 31 heavy (non-hydrogen) atoms. The summed E-state index contributed by atoms with van der Waals surface area (Å²) in [7, 11) is 0. The number of ketones is 2. The molecule has 3 nitrogen and oxygen atoms in total. The number of hydrogen-bond donors (Lipinski definition) is 0. The van der Waals surface area contributed by atoms with Crippen molar-refractivity contribution in [1.82, 2.24) is 4.90 Å². The van der Waals surface area contributed by atoms with Gasteiger partial charge < -0.3 is 4.90 Å². The Morgan fingerprint density at radius 3 is 2.13 bits per heavy atom. The van der Waals surface area contributed by atoms with Gasteiger partial charge in [0.25, 0.3) is 0 Å². The number of rotatable bonds is 9. The highest BCUT2D eigenvalue weighted by atomic mass is 32.1. The summed E-state index contributed by atoms with van der Waals surface area (Å²) in [6.45, 7) is 6.90. The molecule has 4 rings (SSSR count). The van der Waals surface area contributed by atoms with E-state index in [1.165, 1.54) is 29.1 Å². The lowest BCUT2D eigenvalue weighted by atomic mass is 9.76. The molecule has 2 atom stereocenters. The zero-order chi connectivity index (χ0) is 21.6. The van der Waals surface area contributed by atoms with Crippen LogP contribution < -0.4 is 0 Å². The van der Waals surface area contributed by atoms with Gasteiger partial charge in [0.15, 0.2) is 11.6 Å². The van der Waals surface area contributed by atoms with Crippen LogP contribution in [0.2, 0.25) is 0 Å². The fourth-order valence-electron chi connectivity index (χ4n) is 4.41. The minimum atomic E-state index is -0.354. The first-order valence-electron chi connectivity index (χ1n) is 10.8. The second-order valence-corrected chi connectivity index (χ2v) is 9.92. The molecule has 2 aromatic heterocycles. The summed E-state index contributed by atoms with van der Waals surface area (Å²) in [5, 5.41) is 3.84. The van der Waals surface area contributed by atoms with Gasteiger partial charge in [0.1, 0.15) is 0 Å². The zero-order valence-electron chi connectivity index (χ0n) is 17.5. The second-order valence-electron chi connectivity index (χ2n) is 8.03. The Bertz CT molecular complexity index is 1000. The molecule has 1 aliphatic heterocycles. The number of carbonyl (C=O) groups is 2. The Balaban J connectivity index is 1.74. The van der Waals surface area contributed by atoms with E-state index in [1.807, 2.05) is 65.4 Å². The van der Waals surface area contributed by atoms with Crippen LogP contribution in [0.5, 0.6) is 0 Å². The van der Waals surface area contributed by atoms with Crippen molar-refractivity contribution in [1.29, 1.82) is 0 Å². The van der Waals surface area contributed by atoms with Crippen molar-refractivity contribution in [2.45, 2.75) is 25.2 Å². The Morgan fingerprint density at radius 2 is 1.52 bits per heavy atom. The van der Waals surface area contributed by atoms with E-state index < -0.39 is 0 Å². The van der Waals surface area contributed by atoms with Crippen LogP contribution in [0.25, 0.3) is 0 Å². The Labute approximate surface area is 192 Å². The standard InChI is InChI=1S/C26H27NO2S2/c1-19(25(28)22-12-8-16-30-22)24(20-10-4-2-5-11-20)21(18-27-14-6-3-7-15-27)26(29)23-13-9-17-31-23/h2,4-5,8-13,16-17,21,24H,1,3,6-7,14-15,18H2. The van der Waals surface area contributed by atoms with Crippen molar-refractivity contribution in [3.63, 3.8) is 0 Å². The number of thiophene rings is 2. The number of allylic oxidation sites excluding steroid dienone is 1. The summed E-state index contributed by atoms with van der Waals surface area (Å²) in [4.78, 5) is 30.9. The molecule has 1 aromatic carbocycles. The van der Waals surface area contributed by atoms with E-state index >= 15 is 0 Å². The minimum absolute atomic E-state index is 0.0634. The van der Waals surface area contributed by atoms with Gasteiger partial charge in [-0.05, 0) is 54.4 Å². The van der Waals surface area contributed by atoms with E-state index in [0.717, 1.165) is 36.4 Å². The number of piperidine rings is 1. The Morgan fingerprint density at radius 1 is 0.871 bits per heavy atom. The quantitative estimate of drug-likeness (QED) is 0.283. The first-order chi connectivity index (χ1) is 15.1. The number of Topliss-reactive ketones (excluding diaryl/α,β-unsaturated/α-hetero) is 2. The van der Waals surface area contributed by atoms with E-state index in [1.54, 1.807) is 0 Å². The molecule has 3 aromatic rings. The summed E-state index contributed by atoms with van der Waals surface area (Å²) in [5.41, 5.74) is 1.48. The molecule has 0 aliphatic carbocycles. The fraction of sp³-hybridized carbons (Fsp3) is 0.308. The van der Waals surface area contributed by atoms with Crippen LogP contribution in [0.4, 0.5) is 0 Å². The van der Waals surface area contributed by atoms with Crippen LogP contribution in [0, 0.1) is 5.92 Å². The molecule has 1 fully saturated rings. The summed E-state index contributed by atoms with van der Waals surface area (Å²) in [6, 6.07) is 17.5. The molecule has 1 aliphatic rings. The average Bonchev–Trinajstić information content (AvgIpc) is 3.53. The summed E-state index contributed by atoms with van der Waals surface area (Å²) < 4.78 is 0. The van der Waals surface area contributed by atoms with E-state index in [4.69, 9.17) is 0 Å². The van der Waals surface area contributed by atoms with Crippen LogP contribution in [-0.4, -0.2) is 36.1 Å². The number of benzene rings is 1. The third kappa shape index (κ3) is 5.12. The van der Waals surface area contributed by atoms with Crippen molar-refractivity contribution >= 4 is 34.2 Å². The smallest absolute Gasteiger partial charge is 0.198 e. The van der Waals surface area contributed by atoms with Crippen LogP contribution in [0.15, 0.2) is 77.5 Å². The van der Waals surface area contributed by atoms with Crippen molar-refractivity contribution in [3.05, 3.63) is 92.8 Å². The lowest BCUT2D eigenvalue weighted by Crippen LogP contribution is -2.40. The molecule has 2 unspecified atom stereocenters.